The van der Waals surface area contributed by atoms with Crippen LogP contribution in [0.4, 0.5) is 5.13 Å². The average molecular weight is 350 g/mol. The number of ether oxygens (including phenoxy) is 3. The van der Waals surface area contributed by atoms with E-state index in [4.69, 9.17) is 14.2 Å². The molecule has 8 heteroatoms. The summed E-state index contributed by atoms with van der Waals surface area (Å²) in [4.78, 5) is 28.0. The van der Waals surface area contributed by atoms with Gasteiger partial charge in [0, 0.05) is 10.9 Å². The molecule has 0 radical (unpaired) electrons. The monoisotopic (exact) mass is 350 g/mol. The molecule has 0 aliphatic heterocycles. The van der Waals surface area contributed by atoms with Crippen molar-refractivity contribution in [2.75, 3.05) is 26.1 Å². The first-order valence-corrected chi connectivity index (χ1v) is 7.94. The van der Waals surface area contributed by atoms with Crippen LogP contribution < -0.4 is 14.8 Å². The van der Waals surface area contributed by atoms with Gasteiger partial charge in [0.25, 0.3) is 5.91 Å². The van der Waals surface area contributed by atoms with Gasteiger partial charge in [-0.25, -0.2) is 9.78 Å². The molecule has 1 amide bonds. The number of carbonyl (C=O) groups is 2. The summed E-state index contributed by atoms with van der Waals surface area (Å²) in [6, 6.07) is 3.09. The van der Waals surface area contributed by atoms with Crippen LogP contribution in [0.3, 0.4) is 0 Å². The Kier molecular flexibility index (Phi) is 5.75. The third-order valence-corrected chi connectivity index (χ3v) is 4.06. The molecule has 0 aliphatic carbocycles. The summed E-state index contributed by atoms with van der Waals surface area (Å²) in [5, 5.41) is 4.84. The minimum absolute atomic E-state index is 0.243. The number of carbonyl (C=O) groups excluding carboxylic acids is 2. The van der Waals surface area contributed by atoms with Crippen molar-refractivity contribution in [3.8, 4) is 11.5 Å². The van der Waals surface area contributed by atoms with Gasteiger partial charge in [0.2, 0.25) is 0 Å². The first kappa shape index (κ1) is 17.7. The van der Waals surface area contributed by atoms with Crippen LogP contribution in [0.1, 0.15) is 21.6 Å². The first-order valence-electron chi connectivity index (χ1n) is 7.06. The average Bonchev–Trinajstić information content (AvgIpc) is 2.97. The number of hydrogen-bond donors (Lipinski definition) is 1. The Balaban J connectivity index is 2.00. The van der Waals surface area contributed by atoms with Gasteiger partial charge in [0.05, 0.1) is 25.5 Å². The van der Waals surface area contributed by atoms with Crippen molar-refractivity contribution in [2.24, 2.45) is 0 Å². The number of aromatic nitrogens is 1. The van der Waals surface area contributed by atoms with Crippen LogP contribution in [0, 0.1) is 13.8 Å². The fourth-order valence-electron chi connectivity index (χ4n) is 1.99. The summed E-state index contributed by atoms with van der Waals surface area (Å²) in [5.74, 6) is -0.0890. The van der Waals surface area contributed by atoms with Crippen LogP contribution >= 0.6 is 11.3 Å². The van der Waals surface area contributed by atoms with Crippen molar-refractivity contribution in [3.05, 3.63) is 34.3 Å². The summed E-state index contributed by atoms with van der Waals surface area (Å²) in [7, 11) is 3.00. The molecule has 0 saturated carbocycles. The zero-order valence-corrected chi connectivity index (χ0v) is 14.7. The highest BCUT2D eigenvalue weighted by atomic mass is 32.1. The number of anilines is 1. The minimum atomic E-state index is -0.642. The lowest BCUT2D eigenvalue weighted by Gasteiger charge is -2.12. The van der Waals surface area contributed by atoms with Crippen LogP contribution in [0.25, 0.3) is 0 Å². The molecular formula is C16H18N2O5S. The van der Waals surface area contributed by atoms with Gasteiger partial charge in [-0.3, -0.25) is 10.1 Å². The summed E-state index contributed by atoms with van der Waals surface area (Å²) in [6.07, 6.45) is 0. The Morgan fingerprint density at radius 3 is 2.29 bits per heavy atom. The van der Waals surface area contributed by atoms with E-state index in [9.17, 15) is 9.59 Å². The molecule has 1 heterocycles. The molecule has 0 atom stereocenters. The molecule has 1 N–H and O–H groups in total. The van der Waals surface area contributed by atoms with E-state index in [0.717, 1.165) is 11.3 Å². The lowest BCUT2D eigenvalue weighted by molar-refractivity contribution is -0.119. The summed E-state index contributed by atoms with van der Waals surface area (Å²) >= 11 is 1.30. The number of hydrogen-bond acceptors (Lipinski definition) is 7. The molecule has 0 unspecified atom stereocenters. The Labute approximate surface area is 143 Å². The lowest BCUT2D eigenvalue weighted by Crippen LogP contribution is -2.21. The van der Waals surface area contributed by atoms with Gasteiger partial charge in [-0.05, 0) is 26.0 Å². The second kappa shape index (κ2) is 7.78. The summed E-state index contributed by atoms with van der Waals surface area (Å²) in [5.41, 5.74) is 1.83. The topological polar surface area (TPSA) is 86.8 Å². The number of esters is 1. The van der Waals surface area contributed by atoms with E-state index in [1.54, 1.807) is 12.1 Å². The molecule has 0 spiro atoms. The number of thiazole rings is 1. The van der Waals surface area contributed by atoms with E-state index in [0.29, 0.717) is 16.6 Å². The molecule has 1 aromatic carbocycles. The molecule has 128 valence electrons. The van der Waals surface area contributed by atoms with Crippen molar-refractivity contribution >= 4 is 28.3 Å². The zero-order valence-electron chi connectivity index (χ0n) is 13.8. The third kappa shape index (κ3) is 4.23. The van der Waals surface area contributed by atoms with Crippen LogP contribution in [-0.2, 0) is 9.53 Å². The van der Waals surface area contributed by atoms with Crippen molar-refractivity contribution in [1.82, 2.24) is 4.98 Å². The van der Waals surface area contributed by atoms with E-state index in [2.05, 4.69) is 10.3 Å². The van der Waals surface area contributed by atoms with E-state index in [-0.39, 0.29) is 5.56 Å². The zero-order chi connectivity index (χ0) is 17.7. The first-order chi connectivity index (χ1) is 11.4. The lowest BCUT2D eigenvalue weighted by atomic mass is 10.1. The fourth-order valence-corrected chi connectivity index (χ4v) is 2.69. The molecule has 24 heavy (non-hydrogen) atoms. The molecule has 2 aromatic rings. The number of benzene rings is 1. The van der Waals surface area contributed by atoms with Gasteiger partial charge in [0.1, 0.15) is 11.5 Å². The predicted octanol–water partition coefficient (Wildman–Crippen LogP) is 2.57. The van der Waals surface area contributed by atoms with Gasteiger partial charge in [-0.1, -0.05) is 0 Å². The smallest absolute Gasteiger partial charge is 0.338 e. The number of rotatable bonds is 6. The van der Waals surface area contributed by atoms with Crippen molar-refractivity contribution in [3.63, 3.8) is 0 Å². The van der Waals surface area contributed by atoms with E-state index < -0.39 is 18.5 Å². The minimum Gasteiger partial charge on any atom is -0.496 e. The number of amides is 1. The maximum Gasteiger partial charge on any atom is 0.338 e. The van der Waals surface area contributed by atoms with Gasteiger partial charge in [-0.15, -0.1) is 11.3 Å². The molecule has 0 bridgehead atoms. The van der Waals surface area contributed by atoms with Crippen LogP contribution in [-0.4, -0.2) is 37.7 Å². The highest BCUT2D eigenvalue weighted by molar-refractivity contribution is 7.13. The second-order valence-electron chi connectivity index (χ2n) is 4.92. The summed E-state index contributed by atoms with van der Waals surface area (Å²) < 4.78 is 15.4. The largest absolute Gasteiger partial charge is 0.496 e. The van der Waals surface area contributed by atoms with Gasteiger partial charge in [0.15, 0.2) is 11.7 Å². The highest BCUT2D eigenvalue weighted by Crippen LogP contribution is 2.29. The Morgan fingerprint density at radius 2 is 1.79 bits per heavy atom. The third-order valence-electron chi connectivity index (χ3n) is 3.19. The van der Waals surface area contributed by atoms with Crippen LogP contribution in [0.2, 0.25) is 0 Å². The van der Waals surface area contributed by atoms with Crippen molar-refractivity contribution < 1.29 is 23.8 Å². The Bertz CT molecular complexity index is 732. The normalized spacial score (nSPS) is 10.2. The van der Waals surface area contributed by atoms with Crippen LogP contribution in [0.15, 0.2) is 17.5 Å². The van der Waals surface area contributed by atoms with Crippen molar-refractivity contribution in [1.29, 1.82) is 0 Å². The standard InChI is InChI=1S/C16H18N2O5S/c1-9-8-24-16(17-9)18-14(19)7-23-15(20)11-5-12(21-3)10(2)13(6-11)22-4/h5-6,8H,7H2,1-4H3,(H,17,18,19). The Hall–Kier alpha value is -2.61. The Morgan fingerprint density at radius 1 is 1.17 bits per heavy atom. The maximum atomic E-state index is 12.1. The molecule has 7 nitrogen and oxygen atoms in total. The molecule has 0 aliphatic rings. The molecule has 0 saturated heterocycles. The molecule has 2 rings (SSSR count). The number of nitrogens with one attached hydrogen (secondary N) is 1. The molecular weight excluding hydrogens is 332 g/mol. The highest BCUT2D eigenvalue weighted by Gasteiger charge is 2.16. The summed E-state index contributed by atoms with van der Waals surface area (Å²) in [6.45, 7) is 3.23. The molecule has 1 aromatic heterocycles. The van der Waals surface area contributed by atoms with Gasteiger partial charge >= 0.3 is 5.97 Å². The maximum absolute atomic E-state index is 12.1. The number of methoxy groups -OCH3 is 2. The van der Waals surface area contributed by atoms with Crippen LogP contribution in [0.5, 0.6) is 11.5 Å². The van der Waals surface area contributed by atoms with Gasteiger partial charge < -0.3 is 14.2 Å². The second-order valence-corrected chi connectivity index (χ2v) is 5.78. The van der Waals surface area contributed by atoms with Gasteiger partial charge in [-0.2, -0.15) is 0 Å². The van der Waals surface area contributed by atoms with E-state index in [1.807, 2.05) is 19.2 Å². The van der Waals surface area contributed by atoms with E-state index in [1.165, 1.54) is 25.6 Å². The quantitative estimate of drug-likeness (QED) is 0.806. The SMILES string of the molecule is COc1cc(C(=O)OCC(=O)Nc2nc(C)cs2)cc(OC)c1C. The van der Waals surface area contributed by atoms with Crippen molar-refractivity contribution in [2.45, 2.75) is 13.8 Å². The number of aryl methyl sites for hydroxylation is 1. The molecule has 0 fully saturated rings. The fraction of sp³-hybridized carbons (Fsp3) is 0.312. The predicted molar refractivity (Wildman–Crippen MR) is 90.0 cm³/mol. The van der Waals surface area contributed by atoms with E-state index >= 15 is 0 Å². The number of nitrogens with zero attached hydrogens (tertiary/aromatic N) is 1.